The van der Waals surface area contributed by atoms with Crippen LogP contribution in [0.2, 0.25) is 0 Å². The molecule has 2 aliphatic heterocycles. The number of carboxylic acid groups (broad SMARTS) is 1. The Morgan fingerprint density at radius 1 is 1.13 bits per heavy atom. The first-order chi connectivity index (χ1) is 22.1. The lowest BCUT2D eigenvalue weighted by Crippen LogP contribution is -2.57. The number of alkyl halides is 2. The minimum absolute atomic E-state index is 0.0116. The molecule has 11 nitrogen and oxygen atoms in total. The predicted molar refractivity (Wildman–Crippen MR) is 168 cm³/mol. The molecular formula is C34H46F2N4O7. The Bertz CT molecular complexity index is 1500. The zero-order valence-corrected chi connectivity index (χ0v) is 27.9. The second-order valence-corrected chi connectivity index (χ2v) is 14.4. The number of carboxylic acids is 1. The van der Waals surface area contributed by atoms with Gasteiger partial charge in [-0.2, -0.15) is 8.78 Å². The maximum Gasteiger partial charge on any atom is 0.408 e. The number of halogens is 2. The maximum absolute atomic E-state index is 16.1. The van der Waals surface area contributed by atoms with E-state index in [1.54, 1.807) is 45.9 Å². The summed E-state index contributed by atoms with van der Waals surface area (Å²) < 4.78 is 49.6. The van der Waals surface area contributed by atoms with Gasteiger partial charge in [0.15, 0.2) is 5.69 Å². The number of hydrogen-bond acceptors (Lipinski definition) is 8. The zero-order chi connectivity index (χ0) is 34.3. The van der Waals surface area contributed by atoms with Gasteiger partial charge in [-0.25, -0.2) is 19.6 Å². The fraction of sp³-hybridized carbons (Fsp3) is 0.676. The SMILES string of the molecule is CC[C@@H]1[C@@H]2CN(C(=O)[C@H](C(C)(C)C)NC(=O)O[C@@H]3C[C@H](C)CC3CCCCC(F)(F)c3nc4ccc(OC)cc4nc3O2)[C@@H]1C(=O)O. The quantitative estimate of drug-likeness (QED) is 0.410. The topological polar surface area (TPSA) is 140 Å². The Labute approximate surface area is 273 Å². The highest BCUT2D eigenvalue weighted by atomic mass is 19.3. The Morgan fingerprint density at radius 2 is 1.87 bits per heavy atom. The molecule has 1 unspecified atom stereocenters. The molecule has 258 valence electrons. The van der Waals surface area contributed by atoms with Crippen molar-refractivity contribution in [1.29, 1.82) is 0 Å². The Morgan fingerprint density at radius 3 is 2.53 bits per heavy atom. The average Bonchev–Trinajstić information content (AvgIpc) is 3.54. The van der Waals surface area contributed by atoms with Gasteiger partial charge in [0.1, 0.15) is 30.0 Å². The number of nitrogens with one attached hydrogen (secondary N) is 1. The molecule has 0 spiro atoms. The molecule has 1 saturated carbocycles. The van der Waals surface area contributed by atoms with Crippen molar-refractivity contribution in [2.75, 3.05) is 13.7 Å². The summed E-state index contributed by atoms with van der Waals surface area (Å²) in [5.41, 5.74) is -0.941. The van der Waals surface area contributed by atoms with Crippen LogP contribution in [0.25, 0.3) is 11.0 Å². The minimum Gasteiger partial charge on any atom is -0.497 e. The van der Waals surface area contributed by atoms with Crippen molar-refractivity contribution in [3.8, 4) is 11.6 Å². The van der Waals surface area contributed by atoms with Gasteiger partial charge in [0.2, 0.25) is 11.8 Å². The van der Waals surface area contributed by atoms with E-state index in [1.807, 2.05) is 0 Å². The highest BCUT2D eigenvalue weighted by Crippen LogP contribution is 2.42. The van der Waals surface area contributed by atoms with E-state index in [1.165, 1.54) is 12.0 Å². The summed E-state index contributed by atoms with van der Waals surface area (Å²) >= 11 is 0. The number of methoxy groups -OCH3 is 1. The van der Waals surface area contributed by atoms with Crippen molar-refractivity contribution < 1.29 is 42.5 Å². The van der Waals surface area contributed by atoms with Crippen LogP contribution >= 0.6 is 0 Å². The number of nitrogens with zero attached hydrogens (tertiary/aromatic N) is 3. The molecule has 7 atom stereocenters. The molecule has 13 heteroatoms. The molecule has 1 saturated heterocycles. The van der Waals surface area contributed by atoms with Crippen molar-refractivity contribution in [1.82, 2.24) is 20.2 Å². The highest BCUT2D eigenvalue weighted by Gasteiger charge is 2.52. The number of aliphatic carboxylic acids is 1. The van der Waals surface area contributed by atoms with E-state index < -0.39 is 77.5 Å². The first-order valence-electron chi connectivity index (χ1n) is 16.5. The normalized spacial score (nSPS) is 30.3. The zero-order valence-electron chi connectivity index (χ0n) is 27.9. The van der Waals surface area contributed by atoms with Crippen LogP contribution in [0, 0.1) is 23.2 Å². The van der Waals surface area contributed by atoms with Gasteiger partial charge < -0.3 is 29.5 Å². The summed E-state index contributed by atoms with van der Waals surface area (Å²) in [4.78, 5) is 50.2. The number of carbonyl (C=O) groups is 3. The monoisotopic (exact) mass is 660 g/mol. The molecule has 2 N–H and O–H groups in total. The van der Waals surface area contributed by atoms with Crippen molar-refractivity contribution in [3.63, 3.8) is 0 Å². The van der Waals surface area contributed by atoms with Crippen LogP contribution in [0.4, 0.5) is 13.6 Å². The summed E-state index contributed by atoms with van der Waals surface area (Å²) in [5.74, 6) is -5.75. The molecular weight excluding hydrogens is 614 g/mol. The molecule has 3 heterocycles. The molecule has 1 aromatic carbocycles. The fourth-order valence-electron chi connectivity index (χ4n) is 7.42. The van der Waals surface area contributed by atoms with E-state index in [4.69, 9.17) is 14.2 Å². The Kier molecular flexibility index (Phi) is 9.84. The van der Waals surface area contributed by atoms with Crippen molar-refractivity contribution >= 4 is 29.0 Å². The van der Waals surface area contributed by atoms with E-state index in [-0.39, 0.29) is 42.3 Å². The summed E-state index contributed by atoms with van der Waals surface area (Å²) in [5, 5.41) is 13.1. The van der Waals surface area contributed by atoms with E-state index >= 15 is 8.78 Å². The van der Waals surface area contributed by atoms with Gasteiger partial charge in [-0.05, 0) is 61.5 Å². The maximum atomic E-state index is 16.1. The van der Waals surface area contributed by atoms with Gasteiger partial charge in [0.05, 0.1) is 24.7 Å². The number of alkyl carbamates (subject to hydrolysis) is 1. The number of benzene rings is 1. The van der Waals surface area contributed by atoms with Crippen molar-refractivity contribution in [3.05, 3.63) is 23.9 Å². The van der Waals surface area contributed by atoms with Gasteiger partial charge in [0, 0.05) is 18.4 Å². The summed E-state index contributed by atoms with van der Waals surface area (Å²) in [6.07, 6.45) is 0.286. The third-order valence-corrected chi connectivity index (χ3v) is 9.87. The van der Waals surface area contributed by atoms with Crippen LogP contribution < -0.4 is 14.8 Å². The third kappa shape index (κ3) is 7.23. The van der Waals surface area contributed by atoms with Gasteiger partial charge >= 0.3 is 12.1 Å². The second-order valence-electron chi connectivity index (χ2n) is 14.4. The lowest BCUT2D eigenvalue weighted by Gasteiger charge is -2.35. The predicted octanol–water partition coefficient (Wildman–Crippen LogP) is 5.93. The van der Waals surface area contributed by atoms with Crippen LogP contribution in [0.15, 0.2) is 18.2 Å². The number of rotatable bonds is 3. The van der Waals surface area contributed by atoms with E-state index in [0.717, 1.165) is 6.42 Å². The highest BCUT2D eigenvalue weighted by molar-refractivity contribution is 5.90. The van der Waals surface area contributed by atoms with Gasteiger partial charge in [0.25, 0.3) is 5.92 Å². The fourth-order valence-corrected chi connectivity index (χ4v) is 7.42. The van der Waals surface area contributed by atoms with Crippen LogP contribution in [-0.4, -0.2) is 75.9 Å². The minimum atomic E-state index is -3.42. The van der Waals surface area contributed by atoms with E-state index in [2.05, 4.69) is 22.2 Å². The van der Waals surface area contributed by atoms with Gasteiger partial charge in [-0.15, -0.1) is 0 Å². The standard InChI is InChI=1S/C34H46F2N4O7/c1-7-21-25-17-40(26(21)31(42)43)30(41)28(33(3,4)5)39-32(44)47-24-15-18(2)14-19(24)10-8-9-13-34(35,36)27-29(46-25)38-23-16-20(45-6)11-12-22(23)37-27/h11-12,16,18-19,21,24-26,28H,7-10,13-15,17H2,1-6H3,(H,39,44)(H,42,43)/t18-,19?,21-,24-,25+,26+,28-/m1/s1. The molecule has 5 rings (SSSR count). The lowest BCUT2D eigenvalue weighted by molar-refractivity contribution is -0.151. The molecule has 1 aromatic heterocycles. The van der Waals surface area contributed by atoms with Gasteiger partial charge in [-0.3, -0.25) is 4.79 Å². The second kappa shape index (κ2) is 13.4. The summed E-state index contributed by atoms with van der Waals surface area (Å²) in [6.45, 7) is 8.91. The van der Waals surface area contributed by atoms with Crippen LogP contribution in [0.5, 0.6) is 11.6 Å². The van der Waals surface area contributed by atoms with E-state index in [9.17, 15) is 19.5 Å². The molecule has 2 fully saturated rings. The molecule has 0 radical (unpaired) electrons. The molecule has 47 heavy (non-hydrogen) atoms. The first-order valence-corrected chi connectivity index (χ1v) is 16.5. The van der Waals surface area contributed by atoms with Crippen LogP contribution in [0.1, 0.15) is 85.3 Å². The Balaban J connectivity index is 1.60. The van der Waals surface area contributed by atoms with Crippen molar-refractivity contribution in [2.24, 2.45) is 23.2 Å². The molecule has 3 aliphatic rings. The smallest absolute Gasteiger partial charge is 0.408 e. The number of carbonyl (C=O) groups excluding carboxylic acids is 2. The number of ether oxygens (including phenoxy) is 3. The largest absolute Gasteiger partial charge is 0.497 e. The van der Waals surface area contributed by atoms with Crippen LogP contribution in [0.3, 0.4) is 0 Å². The number of aromatic nitrogens is 2. The Hall–Kier alpha value is -3.77. The van der Waals surface area contributed by atoms with Crippen LogP contribution in [-0.2, 0) is 20.2 Å². The summed E-state index contributed by atoms with van der Waals surface area (Å²) in [6, 6.07) is 2.27. The van der Waals surface area contributed by atoms with E-state index in [0.29, 0.717) is 25.0 Å². The number of amides is 2. The molecule has 2 amide bonds. The first kappa shape index (κ1) is 34.6. The lowest BCUT2D eigenvalue weighted by atomic mass is 9.85. The van der Waals surface area contributed by atoms with Gasteiger partial charge in [-0.1, -0.05) is 41.0 Å². The molecule has 2 bridgehead atoms. The number of fused-ring (bicyclic) bond motifs is 5. The third-order valence-electron chi connectivity index (χ3n) is 9.87. The van der Waals surface area contributed by atoms with Crippen molar-refractivity contribution in [2.45, 2.75) is 110 Å². The molecule has 1 aliphatic carbocycles. The summed E-state index contributed by atoms with van der Waals surface area (Å²) in [7, 11) is 1.48. The average molecular weight is 661 g/mol. The molecule has 2 aromatic rings. The number of hydrogen-bond donors (Lipinski definition) is 2.